The molecule has 7 nitrogen and oxygen atoms in total. The molecule has 1 aromatic heterocycles. The van der Waals surface area contributed by atoms with E-state index in [1.165, 1.54) is 12.1 Å². The number of rotatable bonds is 11. The van der Waals surface area contributed by atoms with E-state index in [4.69, 9.17) is 9.47 Å². The standard InChI is InChI=1S/C25H26F3NO6S2/c1-4-15-12-19(11-8-17(15)13-20(24(30)31)34-5-2)35-14-21-23(37(3,32)33)29-22(36-21)16-6-9-18(10-7-16)25(26,27)28/h6-12,20H,4-5,13-14H2,1-3H3,(H,30,31)/t20-/m0/s1. The summed E-state index contributed by atoms with van der Waals surface area (Å²) in [5.41, 5.74) is 1.20. The number of carbonyl (C=O) groups is 1. The predicted octanol–water partition coefficient (Wildman–Crippen LogP) is 5.41. The minimum Gasteiger partial charge on any atom is -0.488 e. The van der Waals surface area contributed by atoms with Crippen LogP contribution in [0.4, 0.5) is 13.2 Å². The first-order valence-electron chi connectivity index (χ1n) is 11.3. The number of halogens is 3. The van der Waals surface area contributed by atoms with Crippen molar-refractivity contribution in [2.45, 2.75) is 50.6 Å². The summed E-state index contributed by atoms with van der Waals surface area (Å²) in [6.07, 6.45) is -3.65. The fourth-order valence-electron chi connectivity index (χ4n) is 3.63. The first-order valence-corrected chi connectivity index (χ1v) is 14.0. The Balaban J connectivity index is 1.84. The Kier molecular flexibility index (Phi) is 8.98. The van der Waals surface area contributed by atoms with Crippen molar-refractivity contribution in [2.75, 3.05) is 12.9 Å². The zero-order valence-corrected chi connectivity index (χ0v) is 22.0. The summed E-state index contributed by atoms with van der Waals surface area (Å²) in [6, 6.07) is 9.51. The second-order valence-electron chi connectivity index (χ2n) is 8.15. The Morgan fingerprint density at radius 1 is 1.11 bits per heavy atom. The monoisotopic (exact) mass is 557 g/mol. The molecule has 3 aromatic rings. The molecule has 0 saturated heterocycles. The highest BCUT2D eigenvalue weighted by Gasteiger charge is 2.30. The molecule has 12 heteroatoms. The van der Waals surface area contributed by atoms with Crippen LogP contribution in [-0.4, -0.2) is 43.4 Å². The van der Waals surface area contributed by atoms with Gasteiger partial charge in [-0.15, -0.1) is 11.3 Å². The summed E-state index contributed by atoms with van der Waals surface area (Å²) in [5, 5.41) is 9.43. The zero-order valence-electron chi connectivity index (χ0n) is 20.3. The molecular formula is C25H26F3NO6S2. The minimum absolute atomic E-state index is 0.125. The lowest BCUT2D eigenvalue weighted by Crippen LogP contribution is -2.26. The molecule has 0 fully saturated rings. The van der Waals surface area contributed by atoms with Crippen molar-refractivity contribution in [3.8, 4) is 16.3 Å². The van der Waals surface area contributed by atoms with Gasteiger partial charge < -0.3 is 14.6 Å². The third kappa shape index (κ3) is 7.30. The molecule has 0 aliphatic carbocycles. The molecule has 0 unspecified atom stereocenters. The number of hydrogen-bond donors (Lipinski definition) is 1. The van der Waals surface area contributed by atoms with Crippen molar-refractivity contribution in [1.29, 1.82) is 0 Å². The van der Waals surface area contributed by atoms with Gasteiger partial charge in [0.05, 0.1) is 10.4 Å². The van der Waals surface area contributed by atoms with Crippen LogP contribution in [0.5, 0.6) is 5.75 Å². The van der Waals surface area contributed by atoms with Crippen LogP contribution in [0, 0.1) is 0 Å². The van der Waals surface area contributed by atoms with Gasteiger partial charge in [0.2, 0.25) is 0 Å². The van der Waals surface area contributed by atoms with Gasteiger partial charge in [0.15, 0.2) is 21.0 Å². The van der Waals surface area contributed by atoms with Gasteiger partial charge in [0, 0.05) is 24.8 Å². The third-order valence-electron chi connectivity index (χ3n) is 5.45. The number of carboxylic acids is 1. The van der Waals surface area contributed by atoms with Gasteiger partial charge in [-0.2, -0.15) is 13.2 Å². The number of ether oxygens (including phenoxy) is 2. The molecule has 0 radical (unpaired) electrons. The number of hydrogen-bond acceptors (Lipinski definition) is 7. The van der Waals surface area contributed by atoms with E-state index in [2.05, 4.69) is 4.98 Å². The fraction of sp³-hybridized carbons (Fsp3) is 0.360. The second kappa shape index (κ2) is 11.6. The van der Waals surface area contributed by atoms with Gasteiger partial charge in [-0.1, -0.05) is 25.1 Å². The molecule has 1 heterocycles. The molecule has 0 amide bonds. The smallest absolute Gasteiger partial charge is 0.416 e. The average molecular weight is 558 g/mol. The highest BCUT2D eigenvalue weighted by Crippen LogP contribution is 2.34. The molecule has 2 aromatic carbocycles. The van der Waals surface area contributed by atoms with Crippen molar-refractivity contribution in [2.24, 2.45) is 0 Å². The number of alkyl halides is 3. The Bertz CT molecular complexity index is 1350. The summed E-state index contributed by atoms with van der Waals surface area (Å²) >= 11 is 1.02. The average Bonchev–Trinajstić information content (AvgIpc) is 3.27. The molecule has 0 bridgehead atoms. The first kappa shape index (κ1) is 28.6. The van der Waals surface area contributed by atoms with Crippen molar-refractivity contribution in [3.05, 3.63) is 64.0 Å². The number of aliphatic carboxylic acids is 1. The highest BCUT2D eigenvalue weighted by atomic mass is 32.2. The van der Waals surface area contributed by atoms with Crippen LogP contribution in [0.25, 0.3) is 10.6 Å². The van der Waals surface area contributed by atoms with Gasteiger partial charge in [-0.05, 0) is 48.7 Å². The van der Waals surface area contributed by atoms with E-state index >= 15 is 0 Å². The summed E-state index contributed by atoms with van der Waals surface area (Å²) in [6.45, 7) is 3.78. The summed E-state index contributed by atoms with van der Waals surface area (Å²) in [5.74, 6) is -0.598. The Morgan fingerprint density at radius 3 is 2.32 bits per heavy atom. The first-order chi connectivity index (χ1) is 17.3. The maximum absolute atomic E-state index is 12.9. The van der Waals surface area contributed by atoms with E-state index in [0.717, 1.165) is 40.9 Å². The van der Waals surface area contributed by atoms with Crippen LogP contribution in [0.1, 0.15) is 35.4 Å². The number of aryl methyl sites for hydroxylation is 1. The lowest BCUT2D eigenvalue weighted by molar-refractivity contribution is -0.150. The van der Waals surface area contributed by atoms with E-state index < -0.39 is 33.7 Å². The van der Waals surface area contributed by atoms with Gasteiger partial charge in [-0.3, -0.25) is 0 Å². The van der Waals surface area contributed by atoms with Crippen LogP contribution in [0.3, 0.4) is 0 Å². The Hall–Kier alpha value is -2.96. The number of sulfone groups is 1. The van der Waals surface area contributed by atoms with Gasteiger partial charge in [0.25, 0.3) is 0 Å². The van der Waals surface area contributed by atoms with E-state index in [1.54, 1.807) is 25.1 Å². The predicted molar refractivity (Wildman–Crippen MR) is 133 cm³/mol. The topological polar surface area (TPSA) is 103 Å². The second-order valence-corrected chi connectivity index (χ2v) is 11.2. The van der Waals surface area contributed by atoms with E-state index in [-0.39, 0.29) is 29.7 Å². The zero-order chi connectivity index (χ0) is 27.4. The van der Waals surface area contributed by atoms with E-state index in [0.29, 0.717) is 22.6 Å². The molecule has 37 heavy (non-hydrogen) atoms. The lowest BCUT2D eigenvalue weighted by Gasteiger charge is -2.16. The SMILES string of the molecule is CCO[C@@H](Cc1ccc(OCc2sc(-c3ccc(C(F)(F)F)cc3)nc2S(C)(=O)=O)cc1CC)C(=O)O. The quantitative estimate of drug-likeness (QED) is 0.337. The van der Waals surface area contributed by atoms with Crippen molar-refractivity contribution < 1.29 is 41.0 Å². The fourth-order valence-corrected chi connectivity index (χ4v) is 5.87. The highest BCUT2D eigenvalue weighted by molar-refractivity contribution is 7.90. The molecule has 0 saturated carbocycles. The van der Waals surface area contributed by atoms with Crippen LogP contribution in [0.15, 0.2) is 47.5 Å². The van der Waals surface area contributed by atoms with Crippen molar-refractivity contribution in [3.63, 3.8) is 0 Å². The third-order valence-corrected chi connectivity index (χ3v) is 7.70. The number of thiazole rings is 1. The Labute approximate surface area is 216 Å². The van der Waals surface area contributed by atoms with Crippen LogP contribution in [0.2, 0.25) is 0 Å². The van der Waals surface area contributed by atoms with Crippen LogP contribution >= 0.6 is 11.3 Å². The van der Waals surface area contributed by atoms with Crippen LogP contribution < -0.4 is 4.74 Å². The molecule has 0 aliphatic heterocycles. The van der Waals surface area contributed by atoms with Crippen molar-refractivity contribution >= 4 is 27.1 Å². The number of carboxylic acid groups (broad SMARTS) is 1. The minimum atomic E-state index is -4.48. The molecule has 1 N–H and O–H groups in total. The molecule has 1 atom stereocenters. The summed E-state index contributed by atoms with van der Waals surface area (Å²) < 4.78 is 74.4. The van der Waals surface area contributed by atoms with Gasteiger partial charge in [-0.25, -0.2) is 18.2 Å². The maximum atomic E-state index is 12.9. The van der Waals surface area contributed by atoms with Crippen molar-refractivity contribution in [1.82, 2.24) is 4.98 Å². The lowest BCUT2D eigenvalue weighted by atomic mass is 9.99. The Morgan fingerprint density at radius 2 is 1.78 bits per heavy atom. The van der Waals surface area contributed by atoms with E-state index in [9.17, 15) is 31.5 Å². The number of nitrogens with zero attached hydrogens (tertiary/aromatic N) is 1. The number of aromatic nitrogens is 1. The summed E-state index contributed by atoms with van der Waals surface area (Å²) in [4.78, 5) is 15.9. The molecule has 200 valence electrons. The van der Waals surface area contributed by atoms with Crippen LogP contribution in [-0.2, 0) is 45.0 Å². The summed E-state index contributed by atoms with van der Waals surface area (Å²) in [7, 11) is -3.73. The van der Waals surface area contributed by atoms with E-state index in [1.807, 2.05) is 6.92 Å². The normalized spacial score (nSPS) is 12.9. The molecule has 0 spiro atoms. The number of benzene rings is 2. The largest absolute Gasteiger partial charge is 0.488 e. The van der Waals surface area contributed by atoms with Gasteiger partial charge in [0.1, 0.15) is 17.4 Å². The molecule has 3 rings (SSSR count). The maximum Gasteiger partial charge on any atom is 0.416 e. The molecular weight excluding hydrogens is 531 g/mol. The molecule has 0 aliphatic rings. The van der Waals surface area contributed by atoms with Gasteiger partial charge >= 0.3 is 12.1 Å².